The maximum Gasteiger partial charge on any atom is 0.313 e. The minimum absolute atomic E-state index is 0.327. The number of hydrogen-bond acceptors (Lipinski definition) is 2. The molecule has 0 aliphatic rings. The molecule has 0 aromatic heterocycles. The number of carboxylic acids is 1. The Bertz CT molecular complexity index is 427. The Hall–Kier alpha value is -0.930. The van der Waals surface area contributed by atoms with Gasteiger partial charge in [-0.15, -0.1) is 0 Å². The topological polar surface area (TPSA) is 46.5 Å². The zero-order valence-electron chi connectivity index (χ0n) is 9.17. The summed E-state index contributed by atoms with van der Waals surface area (Å²) in [6.07, 6.45) is 0. The molecule has 0 radical (unpaired) electrons. The summed E-state index contributed by atoms with van der Waals surface area (Å²) in [4.78, 5) is 11.1. The van der Waals surface area contributed by atoms with Gasteiger partial charge < -0.3 is 9.84 Å². The van der Waals surface area contributed by atoms with Crippen LogP contribution >= 0.6 is 23.2 Å². The molecule has 1 N–H and O–H groups in total. The van der Waals surface area contributed by atoms with Gasteiger partial charge in [0, 0.05) is 11.1 Å². The van der Waals surface area contributed by atoms with Crippen molar-refractivity contribution in [3.05, 3.63) is 27.7 Å². The number of ether oxygens (including phenoxy) is 1. The van der Waals surface area contributed by atoms with Gasteiger partial charge in [-0.3, -0.25) is 4.79 Å². The number of benzene rings is 1. The quantitative estimate of drug-likeness (QED) is 0.909. The highest BCUT2D eigenvalue weighted by atomic mass is 35.5. The van der Waals surface area contributed by atoms with Crippen LogP contribution in [0.4, 0.5) is 0 Å². The summed E-state index contributed by atoms with van der Waals surface area (Å²) in [5, 5.41) is 9.77. The van der Waals surface area contributed by atoms with Gasteiger partial charge in [-0.25, -0.2) is 0 Å². The second-order valence-electron chi connectivity index (χ2n) is 3.90. The van der Waals surface area contributed by atoms with E-state index in [0.29, 0.717) is 21.4 Å². The second kappa shape index (κ2) is 4.52. The van der Waals surface area contributed by atoms with Crippen molar-refractivity contribution >= 4 is 29.2 Å². The molecule has 0 unspecified atom stereocenters. The third-order valence-corrected chi connectivity index (χ3v) is 3.06. The highest BCUT2D eigenvalue weighted by Crippen LogP contribution is 2.37. The fraction of sp³-hybridized carbons (Fsp3) is 0.364. The van der Waals surface area contributed by atoms with E-state index in [1.54, 1.807) is 13.8 Å². The molecule has 3 nitrogen and oxygen atoms in total. The fourth-order valence-corrected chi connectivity index (χ4v) is 1.91. The van der Waals surface area contributed by atoms with E-state index in [1.165, 1.54) is 19.2 Å². The molecule has 88 valence electrons. The van der Waals surface area contributed by atoms with Crippen molar-refractivity contribution in [3.63, 3.8) is 0 Å². The minimum Gasteiger partial charge on any atom is -0.495 e. The van der Waals surface area contributed by atoms with Gasteiger partial charge in [0.2, 0.25) is 0 Å². The maximum absolute atomic E-state index is 11.1. The monoisotopic (exact) mass is 262 g/mol. The van der Waals surface area contributed by atoms with Crippen molar-refractivity contribution in [1.82, 2.24) is 0 Å². The van der Waals surface area contributed by atoms with Crippen molar-refractivity contribution in [2.75, 3.05) is 7.11 Å². The van der Waals surface area contributed by atoms with E-state index in [0.717, 1.165) is 0 Å². The van der Waals surface area contributed by atoms with Crippen LogP contribution in [0.2, 0.25) is 10.0 Å². The minimum atomic E-state index is -1.09. The second-order valence-corrected chi connectivity index (χ2v) is 4.71. The molecule has 0 amide bonds. The first kappa shape index (κ1) is 13.1. The Kier molecular flexibility index (Phi) is 3.71. The number of halogens is 2. The van der Waals surface area contributed by atoms with Crippen molar-refractivity contribution in [3.8, 4) is 5.75 Å². The highest BCUT2D eigenvalue weighted by Gasteiger charge is 2.32. The van der Waals surface area contributed by atoms with Gasteiger partial charge in [-0.05, 0) is 25.5 Å². The van der Waals surface area contributed by atoms with Crippen molar-refractivity contribution in [1.29, 1.82) is 0 Å². The number of hydrogen-bond donors (Lipinski definition) is 1. The SMILES string of the molecule is COc1cc(Cl)c(C(C)(C)C(=O)O)cc1Cl. The molecule has 1 rings (SSSR count). The smallest absolute Gasteiger partial charge is 0.313 e. The van der Waals surface area contributed by atoms with Gasteiger partial charge in [0.05, 0.1) is 17.5 Å². The lowest BCUT2D eigenvalue weighted by Gasteiger charge is -2.22. The van der Waals surface area contributed by atoms with Crippen molar-refractivity contribution in [2.45, 2.75) is 19.3 Å². The Labute approximate surface area is 104 Å². The summed E-state index contributed by atoms with van der Waals surface area (Å²) < 4.78 is 4.99. The van der Waals surface area contributed by atoms with Gasteiger partial charge in [0.25, 0.3) is 0 Å². The highest BCUT2D eigenvalue weighted by molar-refractivity contribution is 6.35. The van der Waals surface area contributed by atoms with Crippen LogP contribution in [0.25, 0.3) is 0 Å². The molecular formula is C11H12Cl2O3. The molecule has 1 aromatic rings. The van der Waals surface area contributed by atoms with Crippen molar-refractivity contribution in [2.24, 2.45) is 0 Å². The molecule has 5 heteroatoms. The van der Waals surface area contributed by atoms with E-state index in [-0.39, 0.29) is 0 Å². The van der Waals surface area contributed by atoms with E-state index in [1.807, 2.05) is 0 Å². The van der Waals surface area contributed by atoms with E-state index in [2.05, 4.69) is 0 Å². The number of carbonyl (C=O) groups is 1. The summed E-state index contributed by atoms with van der Waals surface area (Å²) in [5.41, 5.74) is -0.625. The Morgan fingerprint density at radius 3 is 2.31 bits per heavy atom. The molecule has 0 saturated heterocycles. The Morgan fingerprint density at radius 2 is 1.88 bits per heavy atom. The normalized spacial score (nSPS) is 11.3. The molecular weight excluding hydrogens is 251 g/mol. The van der Waals surface area contributed by atoms with Crippen LogP contribution in [-0.2, 0) is 10.2 Å². The molecule has 0 bridgehead atoms. The van der Waals surface area contributed by atoms with E-state index >= 15 is 0 Å². The fourth-order valence-electron chi connectivity index (χ4n) is 1.28. The Balaban J connectivity index is 3.37. The largest absolute Gasteiger partial charge is 0.495 e. The zero-order valence-corrected chi connectivity index (χ0v) is 10.7. The van der Waals surface area contributed by atoms with E-state index in [9.17, 15) is 4.79 Å². The van der Waals surface area contributed by atoms with Crippen LogP contribution in [0, 0.1) is 0 Å². The molecule has 0 spiro atoms. The summed E-state index contributed by atoms with van der Waals surface area (Å²) in [6, 6.07) is 3.04. The number of aliphatic carboxylic acids is 1. The van der Waals surface area contributed by atoms with Crippen LogP contribution in [0.5, 0.6) is 5.75 Å². The molecule has 0 fully saturated rings. The van der Waals surface area contributed by atoms with E-state index < -0.39 is 11.4 Å². The van der Waals surface area contributed by atoms with Gasteiger partial charge in [-0.2, -0.15) is 0 Å². The first-order chi connectivity index (χ1) is 7.30. The molecule has 0 saturated carbocycles. The van der Waals surface area contributed by atoms with Gasteiger partial charge >= 0.3 is 5.97 Å². The summed E-state index contributed by atoms with van der Waals surface area (Å²) in [7, 11) is 1.47. The third-order valence-electron chi connectivity index (χ3n) is 2.45. The van der Waals surface area contributed by atoms with Crippen LogP contribution < -0.4 is 4.74 Å². The van der Waals surface area contributed by atoms with E-state index in [4.69, 9.17) is 33.0 Å². The van der Waals surface area contributed by atoms with Gasteiger partial charge in [-0.1, -0.05) is 23.2 Å². The van der Waals surface area contributed by atoms with Crippen LogP contribution in [0.15, 0.2) is 12.1 Å². The number of methoxy groups -OCH3 is 1. The predicted octanol–water partition coefficient (Wildman–Crippen LogP) is 3.36. The lowest BCUT2D eigenvalue weighted by atomic mass is 9.85. The summed E-state index contributed by atoms with van der Waals surface area (Å²) in [6.45, 7) is 3.14. The molecule has 0 aliphatic heterocycles. The van der Waals surface area contributed by atoms with Crippen LogP contribution in [0.1, 0.15) is 19.4 Å². The predicted molar refractivity (Wildman–Crippen MR) is 63.7 cm³/mol. The van der Waals surface area contributed by atoms with Gasteiger partial charge in [0.1, 0.15) is 5.75 Å². The Morgan fingerprint density at radius 1 is 1.31 bits per heavy atom. The lowest BCUT2D eigenvalue weighted by Crippen LogP contribution is -2.28. The molecule has 0 atom stereocenters. The first-order valence-electron chi connectivity index (χ1n) is 4.57. The van der Waals surface area contributed by atoms with Crippen LogP contribution in [-0.4, -0.2) is 18.2 Å². The van der Waals surface area contributed by atoms with Crippen LogP contribution in [0.3, 0.4) is 0 Å². The summed E-state index contributed by atoms with van der Waals surface area (Å²) >= 11 is 11.9. The summed E-state index contributed by atoms with van der Waals surface area (Å²) in [5.74, 6) is -0.535. The standard InChI is InChI=1S/C11H12Cl2O3/c1-11(2,10(14)15)6-4-8(13)9(16-3)5-7(6)12/h4-5H,1-3H3,(H,14,15). The molecule has 16 heavy (non-hydrogen) atoms. The number of rotatable bonds is 3. The molecule has 1 aromatic carbocycles. The average Bonchev–Trinajstić information content (AvgIpc) is 2.20. The van der Waals surface area contributed by atoms with Gasteiger partial charge in [0.15, 0.2) is 0 Å². The zero-order chi connectivity index (χ0) is 12.5. The van der Waals surface area contributed by atoms with Crippen molar-refractivity contribution < 1.29 is 14.6 Å². The molecule has 0 heterocycles. The lowest BCUT2D eigenvalue weighted by molar-refractivity contribution is -0.142. The maximum atomic E-state index is 11.1. The molecule has 0 aliphatic carbocycles. The number of carboxylic acid groups (broad SMARTS) is 1. The third kappa shape index (κ3) is 2.25. The first-order valence-corrected chi connectivity index (χ1v) is 5.33. The average molecular weight is 263 g/mol.